The van der Waals surface area contributed by atoms with Crippen LogP contribution in [-0.4, -0.2) is 16.1 Å². The van der Waals surface area contributed by atoms with E-state index in [1.807, 2.05) is 6.07 Å². The highest BCUT2D eigenvalue weighted by Gasteiger charge is 2.31. The largest absolute Gasteiger partial charge is 0.424 e. The lowest BCUT2D eigenvalue weighted by Crippen LogP contribution is -2.08. The van der Waals surface area contributed by atoms with E-state index in [1.165, 1.54) is 12.4 Å². The molecular weight excluding hydrogens is 345 g/mol. The molecule has 1 unspecified atom stereocenters. The van der Waals surface area contributed by atoms with Gasteiger partial charge in [0.05, 0.1) is 30.1 Å². The van der Waals surface area contributed by atoms with E-state index in [1.54, 1.807) is 12.1 Å². The first-order valence-electron chi connectivity index (χ1n) is 7.38. The van der Waals surface area contributed by atoms with Gasteiger partial charge in [0, 0.05) is 12.0 Å². The van der Waals surface area contributed by atoms with Gasteiger partial charge in [-0.15, -0.1) is 0 Å². The highest BCUT2D eigenvalue weighted by atomic mass is 35.5. The van der Waals surface area contributed by atoms with Crippen LogP contribution in [0, 0.1) is 0 Å². The molecule has 1 aliphatic heterocycles. The van der Waals surface area contributed by atoms with Crippen molar-refractivity contribution in [2.75, 3.05) is 0 Å². The first-order valence-corrected chi connectivity index (χ1v) is 7.76. The number of fused-ring (bicyclic) bond motifs is 1. The predicted octanol–water partition coefficient (Wildman–Crippen LogP) is 5.23. The summed E-state index contributed by atoms with van der Waals surface area (Å²) in [6.45, 7) is 0.352. The van der Waals surface area contributed by atoms with E-state index in [4.69, 9.17) is 21.1 Å². The van der Waals surface area contributed by atoms with Crippen LogP contribution in [0.3, 0.4) is 0 Å². The molecular formula is C16H14ClF3N2O2. The molecule has 0 radical (unpaired) electrons. The van der Waals surface area contributed by atoms with Crippen LogP contribution in [0.5, 0.6) is 11.8 Å². The Balaban J connectivity index is 1.75. The molecule has 1 aromatic heterocycles. The number of alkyl halides is 3. The van der Waals surface area contributed by atoms with E-state index in [9.17, 15) is 13.2 Å². The molecule has 24 heavy (non-hydrogen) atoms. The van der Waals surface area contributed by atoms with Crippen molar-refractivity contribution in [2.45, 2.75) is 38.1 Å². The third kappa shape index (κ3) is 4.15. The Morgan fingerprint density at radius 1 is 1.25 bits per heavy atom. The smallest absolute Gasteiger partial charge is 0.389 e. The molecule has 0 fully saturated rings. The Hall–Kier alpha value is -1.86. The standard InChI is InChI=1S/C16H14ClF3N2O2/c17-11-7-21-15(22-8-11)24-13-4-1-3-10-9-23-12(14(10)13)5-2-6-16(18,19)20/h1,3-4,7-8,12H,2,5-6,9H2. The molecule has 0 N–H and O–H groups in total. The van der Waals surface area contributed by atoms with Gasteiger partial charge >= 0.3 is 12.2 Å². The van der Waals surface area contributed by atoms with Gasteiger partial charge in [-0.2, -0.15) is 13.2 Å². The molecule has 3 rings (SSSR count). The molecule has 0 bridgehead atoms. The van der Waals surface area contributed by atoms with E-state index in [2.05, 4.69) is 9.97 Å². The lowest BCUT2D eigenvalue weighted by atomic mass is 10.00. The number of hydrogen-bond donors (Lipinski definition) is 0. The van der Waals surface area contributed by atoms with Gasteiger partial charge in [-0.1, -0.05) is 23.7 Å². The average Bonchev–Trinajstić information content (AvgIpc) is 2.93. The van der Waals surface area contributed by atoms with Crippen molar-refractivity contribution < 1.29 is 22.6 Å². The second-order valence-corrected chi connectivity index (χ2v) is 5.86. The fourth-order valence-electron chi connectivity index (χ4n) is 2.61. The van der Waals surface area contributed by atoms with Crippen LogP contribution in [0.1, 0.15) is 36.5 Å². The lowest BCUT2D eigenvalue weighted by Gasteiger charge is -2.15. The van der Waals surface area contributed by atoms with Gasteiger partial charge in [-0.25, -0.2) is 9.97 Å². The predicted molar refractivity (Wildman–Crippen MR) is 81.0 cm³/mol. The quantitative estimate of drug-likeness (QED) is 0.734. The Morgan fingerprint density at radius 2 is 2.00 bits per heavy atom. The molecule has 1 atom stereocenters. The van der Waals surface area contributed by atoms with Crippen molar-refractivity contribution in [1.29, 1.82) is 0 Å². The van der Waals surface area contributed by atoms with Gasteiger partial charge in [-0.05, 0) is 24.5 Å². The van der Waals surface area contributed by atoms with E-state index in [-0.39, 0.29) is 18.9 Å². The first kappa shape index (κ1) is 17.0. The van der Waals surface area contributed by atoms with E-state index < -0.39 is 18.7 Å². The second-order valence-electron chi connectivity index (χ2n) is 5.42. The number of ether oxygens (including phenoxy) is 2. The summed E-state index contributed by atoms with van der Waals surface area (Å²) in [7, 11) is 0. The number of aromatic nitrogens is 2. The first-order chi connectivity index (χ1) is 11.4. The zero-order valence-corrected chi connectivity index (χ0v) is 13.3. The summed E-state index contributed by atoms with van der Waals surface area (Å²) in [5.41, 5.74) is 1.66. The van der Waals surface area contributed by atoms with Crippen molar-refractivity contribution >= 4 is 11.6 Å². The van der Waals surface area contributed by atoms with E-state index in [0.29, 0.717) is 17.4 Å². The van der Waals surface area contributed by atoms with Crippen LogP contribution < -0.4 is 4.74 Å². The Kier molecular flexibility index (Phi) is 4.91. The normalized spacial score (nSPS) is 16.9. The van der Waals surface area contributed by atoms with Gasteiger partial charge in [0.2, 0.25) is 0 Å². The van der Waals surface area contributed by atoms with Gasteiger partial charge in [0.1, 0.15) is 5.75 Å². The maximum atomic E-state index is 12.3. The SMILES string of the molecule is FC(F)(F)CCCC1OCc2cccc(Oc3ncc(Cl)cn3)c21. The molecule has 1 aromatic carbocycles. The Bertz CT molecular complexity index is 707. The molecule has 8 heteroatoms. The van der Waals surface area contributed by atoms with Crippen LogP contribution >= 0.6 is 11.6 Å². The third-order valence-corrected chi connectivity index (χ3v) is 3.84. The van der Waals surface area contributed by atoms with E-state index >= 15 is 0 Å². The minimum Gasteiger partial charge on any atom is -0.424 e. The Labute approximate surface area is 141 Å². The summed E-state index contributed by atoms with van der Waals surface area (Å²) in [4.78, 5) is 7.93. The molecule has 0 spiro atoms. The lowest BCUT2D eigenvalue weighted by molar-refractivity contribution is -0.136. The third-order valence-electron chi connectivity index (χ3n) is 3.64. The summed E-state index contributed by atoms with van der Waals surface area (Å²) in [6, 6.07) is 5.51. The highest BCUT2D eigenvalue weighted by Crippen LogP contribution is 2.41. The zero-order chi connectivity index (χ0) is 17.2. The zero-order valence-electron chi connectivity index (χ0n) is 12.5. The van der Waals surface area contributed by atoms with E-state index in [0.717, 1.165) is 11.1 Å². The second kappa shape index (κ2) is 6.94. The molecule has 2 heterocycles. The van der Waals surface area contributed by atoms with Crippen molar-refractivity contribution in [3.8, 4) is 11.8 Å². The molecule has 2 aromatic rings. The maximum Gasteiger partial charge on any atom is 0.389 e. The molecule has 128 valence electrons. The summed E-state index contributed by atoms with van der Waals surface area (Å²) in [5.74, 6) is 0.490. The summed E-state index contributed by atoms with van der Waals surface area (Å²) in [6.07, 6.45) is -2.33. The van der Waals surface area contributed by atoms with Crippen molar-refractivity contribution in [3.63, 3.8) is 0 Å². The van der Waals surface area contributed by atoms with Gasteiger partial charge in [0.25, 0.3) is 0 Å². The monoisotopic (exact) mass is 358 g/mol. The number of benzene rings is 1. The summed E-state index contributed by atoms with van der Waals surface area (Å²) < 4.78 is 48.3. The van der Waals surface area contributed by atoms with Crippen LogP contribution in [0.25, 0.3) is 0 Å². The van der Waals surface area contributed by atoms with Crippen molar-refractivity contribution in [2.24, 2.45) is 0 Å². The molecule has 0 aliphatic carbocycles. The van der Waals surface area contributed by atoms with Crippen LogP contribution in [0.4, 0.5) is 13.2 Å². The Morgan fingerprint density at radius 3 is 2.71 bits per heavy atom. The number of halogens is 4. The van der Waals surface area contributed by atoms with Gasteiger partial charge in [-0.3, -0.25) is 0 Å². The van der Waals surface area contributed by atoms with Crippen LogP contribution in [0.15, 0.2) is 30.6 Å². The van der Waals surface area contributed by atoms with Crippen LogP contribution in [0.2, 0.25) is 5.02 Å². The fraction of sp³-hybridized carbons (Fsp3) is 0.375. The molecule has 0 amide bonds. The molecule has 1 aliphatic rings. The fourth-order valence-corrected chi connectivity index (χ4v) is 2.71. The number of nitrogens with zero attached hydrogens (tertiary/aromatic N) is 2. The minimum atomic E-state index is -4.16. The average molecular weight is 359 g/mol. The summed E-state index contributed by atoms with van der Waals surface area (Å²) in [5, 5.41) is 0.383. The maximum absolute atomic E-state index is 12.3. The molecule has 4 nitrogen and oxygen atoms in total. The van der Waals surface area contributed by atoms with Gasteiger partial charge < -0.3 is 9.47 Å². The van der Waals surface area contributed by atoms with Crippen LogP contribution in [-0.2, 0) is 11.3 Å². The topological polar surface area (TPSA) is 44.2 Å². The van der Waals surface area contributed by atoms with Crippen molar-refractivity contribution in [1.82, 2.24) is 9.97 Å². The highest BCUT2D eigenvalue weighted by molar-refractivity contribution is 6.30. The summed E-state index contributed by atoms with van der Waals surface area (Å²) >= 11 is 5.73. The van der Waals surface area contributed by atoms with Crippen molar-refractivity contribution in [3.05, 3.63) is 46.7 Å². The number of rotatable bonds is 5. The molecule has 0 saturated carbocycles. The van der Waals surface area contributed by atoms with Gasteiger partial charge in [0.15, 0.2) is 0 Å². The number of hydrogen-bond acceptors (Lipinski definition) is 4. The molecule has 0 saturated heterocycles. The minimum absolute atomic E-state index is 0.000609.